The summed E-state index contributed by atoms with van der Waals surface area (Å²) < 4.78 is 12.9. The summed E-state index contributed by atoms with van der Waals surface area (Å²) in [5.74, 6) is 3.24. The predicted octanol–water partition coefficient (Wildman–Crippen LogP) is 2.83. The Bertz CT molecular complexity index is 1260. The summed E-state index contributed by atoms with van der Waals surface area (Å²) in [7, 11) is 1.63. The lowest BCUT2D eigenvalue weighted by Crippen LogP contribution is -2.49. The quantitative estimate of drug-likeness (QED) is 0.344. The van der Waals surface area contributed by atoms with E-state index in [4.69, 9.17) is 9.15 Å². The molecule has 0 atom stereocenters. The molecule has 1 aromatic carbocycles. The van der Waals surface area contributed by atoms with E-state index in [1.807, 2.05) is 45.9 Å². The molecule has 1 aliphatic heterocycles. The van der Waals surface area contributed by atoms with Crippen LogP contribution in [0.3, 0.4) is 0 Å². The van der Waals surface area contributed by atoms with Crippen molar-refractivity contribution in [2.24, 2.45) is 0 Å². The highest BCUT2D eigenvalue weighted by Crippen LogP contribution is 2.28. The fourth-order valence-electron chi connectivity index (χ4n) is 3.90. The molecule has 5 rings (SSSR count). The molecule has 0 N–H and O–H groups in total. The summed E-state index contributed by atoms with van der Waals surface area (Å²) in [4.78, 5) is 25.5. The van der Waals surface area contributed by atoms with Gasteiger partial charge in [-0.05, 0) is 30.3 Å². The molecule has 1 saturated heterocycles. The number of thioether (sulfide) groups is 1. The van der Waals surface area contributed by atoms with Crippen LogP contribution in [0.15, 0.2) is 70.7 Å². The average molecular weight is 492 g/mol. The van der Waals surface area contributed by atoms with Crippen molar-refractivity contribution in [3.63, 3.8) is 0 Å². The predicted molar refractivity (Wildman–Crippen MR) is 131 cm³/mol. The first-order valence-corrected chi connectivity index (χ1v) is 12.2. The highest BCUT2D eigenvalue weighted by Gasteiger charge is 2.24. The lowest BCUT2D eigenvalue weighted by atomic mass is 10.2. The summed E-state index contributed by atoms with van der Waals surface area (Å²) in [5.41, 5.74) is 0.876. The zero-order valence-electron chi connectivity index (χ0n) is 19.3. The van der Waals surface area contributed by atoms with Crippen LogP contribution in [0, 0.1) is 0 Å². The number of hydrogen-bond acceptors (Lipinski definition) is 9. The number of methoxy groups -OCH3 is 1. The number of anilines is 1. The van der Waals surface area contributed by atoms with Crippen LogP contribution in [0.25, 0.3) is 11.4 Å². The van der Waals surface area contributed by atoms with Crippen LogP contribution in [0.2, 0.25) is 0 Å². The minimum atomic E-state index is 0.0686. The van der Waals surface area contributed by atoms with Crippen molar-refractivity contribution < 1.29 is 13.9 Å². The molecule has 1 fully saturated rings. The van der Waals surface area contributed by atoms with E-state index < -0.39 is 0 Å². The SMILES string of the molecule is COc1cccc(-c2nnc(SCC(=O)N3CCN(c4ncccn4)CC3)n2Cc2ccco2)c1. The molecule has 1 aliphatic rings. The first kappa shape index (κ1) is 22.9. The molecule has 1 amide bonds. The van der Waals surface area contributed by atoms with Crippen molar-refractivity contribution in [1.82, 2.24) is 29.6 Å². The number of carbonyl (C=O) groups excluding carboxylic acids is 1. The third-order valence-electron chi connectivity index (χ3n) is 5.73. The first-order valence-electron chi connectivity index (χ1n) is 11.2. The lowest BCUT2D eigenvalue weighted by Gasteiger charge is -2.34. The molecule has 0 aliphatic carbocycles. The molecule has 0 unspecified atom stereocenters. The third-order valence-corrected chi connectivity index (χ3v) is 6.68. The van der Waals surface area contributed by atoms with Crippen molar-refractivity contribution in [2.75, 3.05) is 43.9 Å². The van der Waals surface area contributed by atoms with Crippen LogP contribution in [-0.2, 0) is 11.3 Å². The van der Waals surface area contributed by atoms with Gasteiger partial charge in [0.25, 0.3) is 0 Å². The maximum Gasteiger partial charge on any atom is 0.233 e. The van der Waals surface area contributed by atoms with Crippen LogP contribution in [-0.4, -0.2) is 74.6 Å². The Morgan fingerprint density at radius 1 is 1.06 bits per heavy atom. The Labute approximate surface area is 206 Å². The number of ether oxygens (including phenoxy) is 1. The second kappa shape index (κ2) is 10.6. The van der Waals surface area contributed by atoms with Gasteiger partial charge < -0.3 is 19.0 Å². The maximum absolute atomic E-state index is 13.0. The minimum Gasteiger partial charge on any atom is -0.497 e. The first-order chi connectivity index (χ1) is 17.2. The zero-order chi connectivity index (χ0) is 24.0. The fourth-order valence-corrected chi connectivity index (χ4v) is 4.74. The molecule has 0 spiro atoms. The van der Waals surface area contributed by atoms with Gasteiger partial charge in [-0.3, -0.25) is 9.36 Å². The number of carbonyl (C=O) groups is 1. The van der Waals surface area contributed by atoms with E-state index in [0.717, 1.165) is 17.1 Å². The van der Waals surface area contributed by atoms with Gasteiger partial charge in [0.05, 0.1) is 25.7 Å². The number of hydrogen-bond donors (Lipinski definition) is 0. The van der Waals surface area contributed by atoms with Gasteiger partial charge in [-0.25, -0.2) is 9.97 Å². The standard InChI is InChI=1S/C24H25N7O3S/c1-33-19-6-2-5-18(15-19)22-27-28-24(31(22)16-20-7-3-14-34-20)35-17-21(32)29-10-12-30(13-11-29)23-25-8-4-9-26-23/h2-9,14-15H,10-13,16-17H2,1H3. The van der Waals surface area contributed by atoms with Crippen molar-refractivity contribution >= 4 is 23.6 Å². The molecule has 0 radical (unpaired) electrons. The van der Waals surface area contributed by atoms with Crippen molar-refractivity contribution in [3.8, 4) is 17.1 Å². The Balaban J connectivity index is 1.27. The molecule has 35 heavy (non-hydrogen) atoms. The van der Waals surface area contributed by atoms with E-state index in [1.54, 1.807) is 31.8 Å². The van der Waals surface area contributed by atoms with E-state index in [0.29, 0.717) is 49.7 Å². The topological polar surface area (TPSA) is 102 Å². The average Bonchev–Trinajstić information content (AvgIpc) is 3.58. The van der Waals surface area contributed by atoms with Crippen molar-refractivity contribution in [3.05, 3.63) is 66.9 Å². The van der Waals surface area contributed by atoms with Crippen LogP contribution in [0.1, 0.15) is 5.76 Å². The molecule has 4 aromatic rings. The number of aromatic nitrogens is 5. The number of nitrogens with zero attached hydrogens (tertiary/aromatic N) is 7. The molecule has 0 bridgehead atoms. The van der Waals surface area contributed by atoms with Crippen molar-refractivity contribution in [1.29, 1.82) is 0 Å². The van der Waals surface area contributed by atoms with Gasteiger partial charge in [0.15, 0.2) is 11.0 Å². The minimum absolute atomic E-state index is 0.0686. The van der Waals surface area contributed by atoms with Gasteiger partial charge in [-0.1, -0.05) is 23.9 Å². The second-order valence-electron chi connectivity index (χ2n) is 7.91. The van der Waals surface area contributed by atoms with Gasteiger partial charge in [0.2, 0.25) is 11.9 Å². The van der Waals surface area contributed by atoms with Gasteiger partial charge in [0, 0.05) is 44.1 Å². The van der Waals surface area contributed by atoms with Crippen LogP contribution in [0.5, 0.6) is 5.75 Å². The highest BCUT2D eigenvalue weighted by molar-refractivity contribution is 7.99. The summed E-state index contributed by atoms with van der Waals surface area (Å²) in [6.45, 7) is 3.13. The molecule has 4 heterocycles. The lowest BCUT2D eigenvalue weighted by molar-refractivity contribution is -0.128. The van der Waals surface area contributed by atoms with Crippen molar-refractivity contribution in [2.45, 2.75) is 11.7 Å². The summed E-state index contributed by atoms with van der Waals surface area (Å²) in [6.07, 6.45) is 5.10. The van der Waals surface area contributed by atoms with Gasteiger partial charge in [0.1, 0.15) is 11.5 Å². The van der Waals surface area contributed by atoms with E-state index >= 15 is 0 Å². The zero-order valence-corrected chi connectivity index (χ0v) is 20.1. The van der Waals surface area contributed by atoms with E-state index in [1.165, 1.54) is 11.8 Å². The number of amides is 1. The molecule has 3 aromatic heterocycles. The smallest absolute Gasteiger partial charge is 0.233 e. The van der Waals surface area contributed by atoms with Gasteiger partial charge in [-0.2, -0.15) is 0 Å². The van der Waals surface area contributed by atoms with Gasteiger partial charge in [-0.15, -0.1) is 10.2 Å². The summed E-state index contributed by atoms with van der Waals surface area (Å²) >= 11 is 1.38. The number of furan rings is 1. The monoisotopic (exact) mass is 491 g/mol. The van der Waals surface area contributed by atoms with E-state index in [-0.39, 0.29) is 11.7 Å². The fraction of sp³-hybridized carbons (Fsp3) is 0.292. The highest BCUT2D eigenvalue weighted by atomic mass is 32.2. The molecule has 10 nitrogen and oxygen atoms in total. The number of rotatable bonds is 8. The molecular formula is C24H25N7O3S. The van der Waals surface area contributed by atoms with E-state index in [2.05, 4.69) is 25.1 Å². The Morgan fingerprint density at radius 3 is 2.63 bits per heavy atom. The molecular weight excluding hydrogens is 466 g/mol. The number of benzene rings is 1. The second-order valence-corrected chi connectivity index (χ2v) is 8.85. The van der Waals surface area contributed by atoms with Crippen LogP contribution in [0.4, 0.5) is 5.95 Å². The Morgan fingerprint density at radius 2 is 1.89 bits per heavy atom. The molecule has 11 heteroatoms. The van der Waals surface area contributed by atoms with Gasteiger partial charge >= 0.3 is 0 Å². The largest absolute Gasteiger partial charge is 0.497 e. The van der Waals surface area contributed by atoms with Crippen LogP contribution >= 0.6 is 11.8 Å². The van der Waals surface area contributed by atoms with Crippen LogP contribution < -0.4 is 9.64 Å². The third kappa shape index (κ3) is 5.29. The maximum atomic E-state index is 13.0. The number of piperazine rings is 1. The molecule has 180 valence electrons. The van der Waals surface area contributed by atoms with E-state index in [9.17, 15) is 4.79 Å². The summed E-state index contributed by atoms with van der Waals surface area (Å²) in [6, 6.07) is 13.2. The normalized spacial score (nSPS) is 13.7. The summed E-state index contributed by atoms with van der Waals surface area (Å²) in [5, 5.41) is 9.48. The Kier molecular flexibility index (Phi) is 6.94. The molecule has 0 saturated carbocycles. The Hall–Kier alpha value is -3.86.